The summed E-state index contributed by atoms with van der Waals surface area (Å²) in [5.41, 5.74) is 1.85. The number of benzene rings is 2. The van der Waals surface area contributed by atoms with E-state index in [1.54, 1.807) is 53.6 Å². The third-order valence-corrected chi connectivity index (χ3v) is 4.95. The first-order chi connectivity index (χ1) is 15.0. The maximum atomic E-state index is 13.0. The van der Waals surface area contributed by atoms with Crippen molar-refractivity contribution in [1.82, 2.24) is 19.9 Å². The second kappa shape index (κ2) is 8.79. The van der Waals surface area contributed by atoms with Crippen LogP contribution in [0.5, 0.6) is 11.6 Å². The van der Waals surface area contributed by atoms with Crippen LogP contribution in [0, 0.1) is 6.92 Å². The first-order valence-electron chi connectivity index (χ1n) is 10.0. The molecule has 0 fully saturated rings. The highest BCUT2D eigenvalue weighted by Gasteiger charge is 2.16. The monoisotopic (exact) mass is 414 g/mol. The molecule has 0 spiro atoms. The number of fused-ring (bicyclic) bond motifs is 1. The molecule has 0 saturated carbocycles. The molecule has 4 aromatic rings. The zero-order valence-electron chi connectivity index (χ0n) is 17.3. The molecular formula is C24H22N4O3. The Kier molecular flexibility index (Phi) is 5.75. The van der Waals surface area contributed by atoms with E-state index < -0.39 is 0 Å². The lowest BCUT2D eigenvalue weighted by molar-refractivity contribution is 0.0748. The fraction of sp³-hybridized carbons (Fsp3) is 0.167. The van der Waals surface area contributed by atoms with Gasteiger partial charge in [-0.25, -0.2) is 9.97 Å². The molecule has 0 aliphatic heterocycles. The minimum Gasteiger partial charge on any atom is -0.439 e. The van der Waals surface area contributed by atoms with Crippen molar-refractivity contribution < 1.29 is 9.53 Å². The van der Waals surface area contributed by atoms with Crippen LogP contribution >= 0.6 is 0 Å². The number of hydrogen-bond acceptors (Lipinski definition) is 5. The summed E-state index contributed by atoms with van der Waals surface area (Å²) in [6.45, 7) is 4.49. The standard InChI is InChI=1S/C24H22N4O3/c1-3-28(15-21-26-20-9-5-4-8-19(20)22(29)27-21)24(30)17-10-12-18(13-11-17)31-23-16(2)7-6-14-25-23/h4-14H,3,15H2,1-2H3,(H,26,27,29). The van der Waals surface area contributed by atoms with E-state index in [9.17, 15) is 9.59 Å². The van der Waals surface area contributed by atoms with Gasteiger partial charge < -0.3 is 14.6 Å². The maximum Gasteiger partial charge on any atom is 0.258 e. The van der Waals surface area contributed by atoms with Gasteiger partial charge in [0.2, 0.25) is 5.88 Å². The Balaban J connectivity index is 1.51. The van der Waals surface area contributed by atoms with Gasteiger partial charge in [-0.2, -0.15) is 0 Å². The minimum atomic E-state index is -0.213. The van der Waals surface area contributed by atoms with Gasteiger partial charge in [-0.3, -0.25) is 9.59 Å². The molecule has 0 unspecified atom stereocenters. The number of amides is 1. The number of aromatic amines is 1. The Morgan fingerprint density at radius 3 is 2.58 bits per heavy atom. The Bertz CT molecular complexity index is 1280. The lowest BCUT2D eigenvalue weighted by atomic mass is 10.2. The molecule has 7 heteroatoms. The number of ether oxygens (including phenoxy) is 1. The van der Waals surface area contributed by atoms with Crippen LogP contribution in [-0.2, 0) is 6.54 Å². The Hall–Kier alpha value is -4.00. The Morgan fingerprint density at radius 2 is 1.84 bits per heavy atom. The summed E-state index contributed by atoms with van der Waals surface area (Å²) in [4.78, 5) is 38.4. The lowest BCUT2D eigenvalue weighted by Gasteiger charge is -2.20. The van der Waals surface area contributed by atoms with Crippen LogP contribution < -0.4 is 10.3 Å². The quantitative estimate of drug-likeness (QED) is 0.514. The van der Waals surface area contributed by atoms with Crippen molar-refractivity contribution in [3.63, 3.8) is 0 Å². The smallest absolute Gasteiger partial charge is 0.258 e. The number of para-hydroxylation sites is 1. The highest BCUT2D eigenvalue weighted by atomic mass is 16.5. The number of aryl methyl sites for hydroxylation is 1. The fourth-order valence-corrected chi connectivity index (χ4v) is 3.26. The molecule has 0 atom stereocenters. The summed E-state index contributed by atoms with van der Waals surface area (Å²) < 4.78 is 5.79. The molecule has 2 aromatic carbocycles. The van der Waals surface area contributed by atoms with Gasteiger partial charge in [0.05, 0.1) is 17.4 Å². The molecule has 1 amide bonds. The van der Waals surface area contributed by atoms with E-state index in [1.807, 2.05) is 32.0 Å². The maximum absolute atomic E-state index is 13.0. The molecule has 1 N–H and O–H groups in total. The van der Waals surface area contributed by atoms with Gasteiger partial charge in [-0.05, 0) is 56.3 Å². The Labute approximate surface area is 179 Å². The van der Waals surface area contributed by atoms with Gasteiger partial charge >= 0.3 is 0 Å². The predicted molar refractivity (Wildman–Crippen MR) is 118 cm³/mol. The van der Waals surface area contributed by atoms with Crippen molar-refractivity contribution in [3.8, 4) is 11.6 Å². The van der Waals surface area contributed by atoms with Crippen molar-refractivity contribution in [2.24, 2.45) is 0 Å². The average Bonchev–Trinajstić information content (AvgIpc) is 2.79. The van der Waals surface area contributed by atoms with Gasteiger partial charge in [0.15, 0.2) is 0 Å². The summed E-state index contributed by atoms with van der Waals surface area (Å²) in [6.07, 6.45) is 1.67. The number of aromatic nitrogens is 3. The van der Waals surface area contributed by atoms with E-state index in [-0.39, 0.29) is 18.0 Å². The van der Waals surface area contributed by atoms with Crippen molar-refractivity contribution in [3.05, 3.63) is 94.2 Å². The van der Waals surface area contributed by atoms with Crippen LogP contribution in [-0.4, -0.2) is 32.3 Å². The largest absolute Gasteiger partial charge is 0.439 e. The summed E-state index contributed by atoms with van der Waals surface area (Å²) >= 11 is 0. The van der Waals surface area contributed by atoms with Crippen LogP contribution in [0.15, 0.2) is 71.7 Å². The molecule has 4 rings (SSSR count). The molecule has 0 aliphatic carbocycles. The van der Waals surface area contributed by atoms with Crippen LogP contribution in [0.4, 0.5) is 0 Å². The Morgan fingerprint density at radius 1 is 1.06 bits per heavy atom. The molecule has 31 heavy (non-hydrogen) atoms. The number of nitrogens with zero attached hydrogens (tertiary/aromatic N) is 3. The van der Waals surface area contributed by atoms with Crippen molar-refractivity contribution in [2.75, 3.05) is 6.54 Å². The van der Waals surface area contributed by atoms with E-state index in [0.717, 1.165) is 5.56 Å². The third-order valence-electron chi connectivity index (χ3n) is 4.95. The van der Waals surface area contributed by atoms with Crippen LogP contribution in [0.2, 0.25) is 0 Å². The predicted octanol–water partition coefficient (Wildman–Crippen LogP) is 4.08. The summed E-state index contributed by atoms with van der Waals surface area (Å²) in [5, 5.41) is 0.527. The second-order valence-corrected chi connectivity index (χ2v) is 7.10. The van der Waals surface area contributed by atoms with Crippen molar-refractivity contribution in [1.29, 1.82) is 0 Å². The number of nitrogens with one attached hydrogen (secondary N) is 1. The zero-order chi connectivity index (χ0) is 21.8. The van der Waals surface area contributed by atoms with E-state index in [2.05, 4.69) is 15.0 Å². The van der Waals surface area contributed by atoms with E-state index >= 15 is 0 Å². The highest BCUT2D eigenvalue weighted by Crippen LogP contribution is 2.23. The molecule has 2 aromatic heterocycles. The third kappa shape index (κ3) is 4.45. The number of H-pyrrole nitrogens is 1. The molecule has 2 heterocycles. The summed E-state index contributed by atoms with van der Waals surface area (Å²) in [7, 11) is 0. The molecule has 156 valence electrons. The summed E-state index contributed by atoms with van der Waals surface area (Å²) in [5.74, 6) is 1.42. The topological polar surface area (TPSA) is 88.2 Å². The number of rotatable bonds is 6. The van der Waals surface area contributed by atoms with Crippen molar-refractivity contribution >= 4 is 16.8 Å². The zero-order valence-corrected chi connectivity index (χ0v) is 17.3. The van der Waals surface area contributed by atoms with Crippen LogP contribution in [0.1, 0.15) is 28.7 Å². The molecule has 0 radical (unpaired) electrons. The fourth-order valence-electron chi connectivity index (χ4n) is 3.26. The lowest BCUT2D eigenvalue weighted by Crippen LogP contribution is -2.31. The number of hydrogen-bond donors (Lipinski definition) is 1. The van der Waals surface area contributed by atoms with Crippen LogP contribution in [0.3, 0.4) is 0 Å². The SMILES string of the molecule is CCN(Cc1nc2ccccc2c(=O)[nH]1)C(=O)c1ccc(Oc2ncccc2C)cc1. The van der Waals surface area contributed by atoms with Gasteiger partial charge in [-0.15, -0.1) is 0 Å². The average molecular weight is 414 g/mol. The number of carbonyl (C=O) groups is 1. The molecule has 0 saturated heterocycles. The first kappa shape index (κ1) is 20.3. The first-order valence-corrected chi connectivity index (χ1v) is 10.0. The molecule has 0 bridgehead atoms. The normalized spacial score (nSPS) is 10.8. The van der Waals surface area contributed by atoms with Gasteiger partial charge in [-0.1, -0.05) is 18.2 Å². The number of carbonyl (C=O) groups excluding carboxylic acids is 1. The molecule has 7 nitrogen and oxygen atoms in total. The molecule has 0 aliphatic rings. The van der Waals surface area contributed by atoms with Crippen molar-refractivity contribution in [2.45, 2.75) is 20.4 Å². The molecular weight excluding hydrogens is 392 g/mol. The van der Waals surface area contributed by atoms with E-state index in [4.69, 9.17) is 4.74 Å². The van der Waals surface area contributed by atoms with Gasteiger partial charge in [0.1, 0.15) is 11.6 Å². The highest BCUT2D eigenvalue weighted by molar-refractivity contribution is 5.94. The van der Waals surface area contributed by atoms with E-state index in [1.165, 1.54) is 0 Å². The minimum absolute atomic E-state index is 0.154. The van der Waals surface area contributed by atoms with Gasteiger partial charge in [0, 0.05) is 23.9 Å². The second-order valence-electron chi connectivity index (χ2n) is 7.10. The summed E-state index contributed by atoms with van der Waals surface area (Å²) in [6, 6.07) is 17.8. The van der Waals surface area contributed by atoms with Crippen LogP contribution in [0.25, 0.3) is 10.9 Å². The number of pyridine rings is 1. The van der Waals surface area contributed by atoms with E-state index in [0.29, 0.717) is 40.5 Å². The van der Waals surface area contributed by atoms with Gasteiger partial charge in [0.25, 0.3) is 11.5 Å².